The van der Waals surface area contributed by atoms with Crippen molar-refractivity contribution in [3.63, 3.8) is 0 Å². The van der Waals surface area contributed by atoms with E-state index in [2.05, 4.69) is 25.3 Å². The zero-order chi connectivity index (χ0) is 16.1. The van der Waals surface area contributed by atoms with Gasteiger partial charge in [0.1, 0.15) is 6.26 Å². The minimum atomic E-state index is -0.509. The number of benzene rings is 1. The third kappa shape index (κ3) is 3.63. The second-order valence-electron chi connectivity index (χ2n) is 4.20. The van der Waals surface area contributed by atoms with Crippen molar-refractivity contribution in [1.29, 1.82) is 0 Å². The quantitative estimate of drug-likeness (QED) is 0.449. The zero-order valence-corrected chi connectivity index (χ0v) is 14.6. The summed E-state index contributed by atoms with van der Waals surface area (Å²) in [5.74, 6) is 0.0886. The molecule has 0 amide bonds. The number of halogens is 1. The Labute approximate surface area is 140 Å². The lowest BCUT2D eigenvalue weighted by Gasteiger charge is -2.16. The maximum Gasteiger partial charge on any atom is 0.357 e. The van der Waals surface area contributed by atoms with Crippen molar-refractivity contribution < 1.29 is 14.3 Å². The lowest BCUT2D eigenvalue weighted by Crippen LogP contribution is -2.24. The second kappa shape index (κ2) is 7.37. The van der Waals surface area contributed by atoms with Crippen LogP contribution in [0.25, 0.3) is 11.4 Å². The van der Waals surface area contributed by atoms with Crippen molar-refractivity contribution >= 4 is 38.6 Å². The van der Waals surface area contributed by atoms with Gasteiger partial charge in [-0.2, -0.15) is 9.36 Å². The van der Waals surface area contributed by atoms with E-state index in [1.165, 1.54) is 32.0 Å². The minimum Gasteiger partial charge on any atom is -0.502 e. The fraction of sp³-hybridized carbons (Fsp3) is 0.214. The molecule has 0 bridgehead atoms. The van der Waals surface area contributed by atoms with Crippen molar-refractivity contribution in [3.8, 4) is 11.4 Å². The number of rotatable bonds is 5. The molecule has 1 aromatic heterocycles. The molecule has 0 N–H and O–H groups in total. The lowest BCUT2D eigenvalue weighted by atomic mass is 10.2. The van der Waals surface area contributed by atoms with Gasteiger partial charge in [0, 0.05) is 28.6 Å². The number of carbonyl (C=O) groups excluding carboxylic acids is 1. The van der Waals surface area contributed by atoms with Gasteiger partial charge in [0.15, 0.2) is 11.5 Å². The number of anilines is 1. The van der Waals surface area contributed by atoms with E-state index in [0.717, 1.165) is 10.0 Å². The number of hydrogen-bond acceptors (Lipinski definition) is 7. The number of methoxy groups -OCH3 is 2. The molecule has 0 aliphatic carbocycles. The average molecular weight is 384 g/mol. The molecule has 1 heterocycles. The molecule has 0 aliphatic rings. The molecule has 2 rings (SSSR count). The molecule has 0 saturated heterocycles. The van der Waals surface area contributed by atoms with E-state index in [0.29, 0.717) is 11.0 Å². The zero-order valence-electron chi connectivity index (χ0n) is 12.2. The van der Waals surface area contributed by atoms with Crippen LogP contribution >= 0.6 is 27.5 Å². The number of ether oxygens (including phenoxy) is 2. The molecule has 0 unspecified atom stereocenters. The summed E-state index contributed by atoms with van der Waals surface area (Å²) >= 11 is 4.58. The van der Waals surface area contributed by atoms with Crippen molar-refractivity contribution in [1.82, 2.24) is 9.36 Å². The maximum atomic E-state index is 11.8. The summed E-state index contributed by atoms with van der Waals surface area (Å²) in [5.41, 5.74) is 1.14. The summed E-state index contributed by atoms with van der Waals surface area (Å²) in [6, 6.07) is 7.68. The van der Waals surface area contributed by atoms with Crippen molar-refractivity contribution in [2.45, 2.75) is 0 Å². The highest BCUT2D eigenvalue weighted by Crippen LogP contribution is 2.26. The van der Waals surface area contributed by atoms with Gasteiger partial charge in [-0.15, -0.1) is 0 Å². The van der Waals surface area contributed by atoms with E-state index in [1.54, 1.807) is 11.9 Å². The monoisotopic (exact) mass is 383 g/mol. The summed E-state index contributed by atoms with van der Waals surface area (Å²) in [7, 11) is 4.48. The molecule has 22 heavy (non-hydrogen) atoms. The van der Waals surface area contributed by atoms with Crippen LogP contribution in [-0.2, 0) is 14.3 Å². The maximum absolute atomic E-state index is 11.8. The van der Waals surface area contributed by atoms with Crippen LogP contribution in [0.3, 0.4) is 0 Å². The van der Waals surface area contributed by atoms with Crippen LogP contribution in [0, 0.1) is 0 Å². The van der Waals surface area contributed by atoms with E-state index >= 15 is 0 Å². The van der Waals surface area contributed by atoms with Crippen molar-refractivity contribution in [2.75, 3.05) is 26.2 Å². The Bertz CT molecular complexity index is 685. The molecular weight excluding hydrogens is 370 g/mol. The molecule has 2 aromatic rings. The van der Waals surface area contributed by atoms with Gasteiger partial charge in [0.25, 0.3) is 0 Å². The number of carbonyl (C=O) groups is 1. The lowest BCUT2D eigenvalue weighted by molar-refractivity contribution is -0.136. The summed E-state index contributed by atoms with van der Waals surface area (Å²) < 4.78 is 15.0. The first-order chi connectivity index (χ1) is 10.6. The molecule has 116 valence electrons. The molecule has 0 atom stereocenters. The predicted octanol–water partition coefficient (Wildman–Crippen LogP) is 3.06. The molecule has 0 radical (unpaired) electrons. The van der Waals surface area contributed by atoms with Crippen LogP contribution in [0.5, 0.6) is 0 Å². The fourth-order valence-electron chi connectivity index (χ4n) is 1.65. The molecule has 0 fully saturated rings. The highest BCUT2D eigenvalue weighted by molar-refractivity contribution is 9.10. The fourth-order valence-corrected chi connectivity index (χ4v) is 2.58. The highest BCUT2D eigenvalue weighted by atomic mass is 79.9. The van der Waals surface area contributed by atoms with Gasteiger partial charge >= 0.3 is 5.97 Å². The molecule has 0 saturated carbocycles. The molecular formula is C14H14BrN3O3S. The summed E-state index contributed by atoms with van der Waals surface area (Å²) in [6.45, 7) is 0. The van der Waals surface area contributed by atoms with Crippen LogP contribution < -0.4 is 4.90 Å². The second-order valence-corrected chi connectivity index (χ2v) is 5.84. The average Bonchev–Trinajstić information content (AvgIpc) is 3.02. The molecule has 0 spiro atoms. The number of aromatic nitrogens is 2. The van der Waals surface area contributed by atoms with Gasteiger partial charge in [-0.25, -0.2) is 4.79 Å². The largest absolute Gasteiger partial charge is 0.502 e. The third-order valence-corrected chi connectivity index (χ3v) is 4.11. The Balaban J connectivity index is 2.28. The van der Waals surface area contributed by atoms with Gasteiger partial charge in [-0.1, -0.05) is 28.1 Å². The van der Waals surface area contributed by atoms with Gasteiger partial charge < -0.3 is 14.4 Å². The summed E-state index contributed by atoms with van der Waals surface area (Å²) in [5, 5.41) is 0.562. The first-order valence-corrected chi connectivity index (χ1v) is 7.78. The van der Waals surface area contributed by atoms with Gasteiger partial charge in [0.05, 0.1) is 14.2 Å². The van der Waals surface area contributed by atoms with E-state index in [1.807, 2.05) is 24.3 Å². The molecule has 6 nitrogen and oxygen atoms in total. The summed E-state index contributed by atoms with van der Waals surface area (Å²) in [4.78, 5) is 17.8. The molecule has 0 aliphatic heterocycles. The normalized spacial score (nSPS) is 11.2. The van der Waals surface area contributed by atoms with E-state index in [4.69, 9.17) is 9.47 Å². The topological polar surface area (TPSA) is 64.6 Å². The van der Waals surface area contributed by atoms with Gasteiger partial charge in [-0.05, 0) is 12.1 Å². The van der Waals surface area contributed by atoms with E-state index in [-0.39, 0.29) is 5.70 Å². The first kappa shape index (κ1) is 16.4. The number of esters is 1. The smallest absolute Gasteiger partial charge is 0.357 e. The van der Waals surface area contributed by atoms with Crippen LogP contribution in [-0.4, -0.2) is 36.6 Å². The van der Waals surface area contributed by atoms with Crippen LogP contribution in [0.1, 0.15) is 0 Å². The Kier molecular flexibility index (Phi) is 5.51. The Morgan fingerprint density at radius 3 is 2.59 bits per heavy atom. The third-order valence-electron chi connectivity index (χ3n) is 2.79. The van der Waals surface area contributed by atoms with Gasteiger partial charge in [0.2, 0.25) is 5.13 Å². The Morgan fingerprint density at radius 1 is 1.32 bits per heavy atom. The number of nitrogens with zero attached hydrogens (tertiary/aromatic N) is 3. The summed E-state index contributed by atoms with van der Waals surface area (Å²) in [6.07, 6.45) is 1.31. The standard InChI is InChI=1S/C14H14BrN3O3S/c1-18(11(8-20-2)13(19)21-3)14-16-12(17-22-14)9-4-6-10(15)7-5-9/h4-8H,1-3H3. The van der Waals surface area contributed by atoms with Crippen LogP contribution in [0.2, 0.25) is 0 Å². The van der Waals surface area contributed by atoms with Gasteiger partial charge in [-0.3, -0.25) is 0 Å². The Hall–Kier alpha value is -1.93. The highest BCUT2D eigenvalue weighted by Gasteiger charge is 2.20. The molecule has 8 heteroatoms. The number of hydrogen-bond donors (Lipinski definition) is 0. The number of likely N-dealkylation sites (N-methyl/N-ethyl adjacent to an activating group) is 1. The Morgan fingerprint density at radius 2 is 2.00 bits per heavy atom. The van der Waals surface area contributed by atoms with E-state index < -0.39 is 5.97 Å². The predicted molar refractivity (Wildman–Crippen MR) is 88.6 cm³/mol. The first-order valence-electron chi connectivity index (χ1n) is 6.21. The minimum absolute atomic E-state index is 0.239. The van der Waals surface area contributed by atoms with Crippen molar-refractivity contribution in [3.05, 3.63) is 40.7 Å². The van der Waals surface area contributed by atoms with Crippen molar-refractivity contribution in [2.24, 2.45) is 0 Å². The van der Waals surface area contributed by atoms with E-state index in [9.17, 15) is 4.79 Å². The van der Waals surface area contributed by atoms with Crippen LogP contribution in [0.15, 0.2) is 40.7 Å². The van der Waals surface area contributed by atoms with Crippen LogP contribution in [0.4, 0.5) is 5.13 Å². The SMILES string of the molecule is COC=C(C(=O)OC)N(C)c1nc(-c2ccc(Br)cc2)ns1. The molecule has 1 aromatic carbocycles.